The molecule has 0 aliphatic carbocycles. The number of aromatic nitrogens is 2. The Morgan fingerprint density at radius 3 is 2.58 bits per heavy atom. The van der Waals surface area contributed by atoms with E-state index in [-0.39, 0.29) is 5.91 Å². The maximum absolute atomic E-state index is 12.0. The highest BCUT2D eigenvalue weighted by Crippen LogP contribution is 2.22. The van der Waals surface area contributed by atoms with Crippen LogP contribution in [0, 0.1) is 19.8 Å². The summed E-state index contributed by atoms with van der Waals surface area (Å²) in [5.41, 5.74) is 3.89. The molecule has 1 N–H and O–H groups in total. The van der Waals surface area contributed by atoms with E-state index < -0.39 is 0 Å². The van der Waals surface area contributed by atoms with Crippen molar-refractivity contribution in [2.45, 2.75) is 40.8 Å². The van der Waals surface area contributed by atoms with Crippen LogP contribution >= 0.6 is 11.6 Å². The monoisotopic (exact) mass is 345 g/mol. The van der Waals surface area contributed by atoms with Crippen LogP contribution in [0.4, 0.5) is 0 Å². The number of rotatable bonds is 6. The first-order chi connectivity index (χ1) is 11.4. The second-order valence-corrected chi connectivity index (χ2v) is 6.76. The molecule has 0 radical (unpaired) electrons. The number of carbonyl (C=O) groups excluding carboxylic acids is 1. The van der Waals surface area contributed by atoms with E-state index in [9.17, 15) is 4.79 Å². The Kier molecular flexibility index (Phi) is 6.21. The summed E-state index contributed by atoms with van der Waals surface area (Å²) in [4.78, 5) is 12.0. The average molecular weight is 346 g/mol. The molecule has 5 heteroatoms. The smallest absolute Gasteiger partial charge is 0.244 e. The maximum Gasteiger partial charge on any atom is 0.244 e. The minimum Gasteiger partial charge on any atom is -0.348 e. The molecule has 1 heterocycles. The second-order valence-electron chi connectivity index (χ2n) is 6.40. The van der Waals surface area contributed by atoms with Crippen LogP contribution in [0.2, 0.25) is 5.15 Å². The fraction of sp³-hybridized carbons (Fsp3) is 0.368. The number of nitrogens with one attached hydrogen (secondary N) is 1. The lowest BCUT2D eigenvalue weighted by Gasteiger charge is -2.05. The number of nitrogens with zero attached hydrogens (tertiary/aromatic N) is 2. The molecule has 24 heavy (non-hydrogen) atoms. The molecule has 0 aliphatic rings. The summed E-state index contributed by atoms with van der Waals surface area (Å²) >= 11 is 6.36. The van der Waals surface area contributed by atoms with Crippen LogP contribution in [-0.2, 0) is 17.9 Å². The Morgan fingerprint density at radius 2 is 1.96 bits per heavy atom. The summed E-state index contributed by atoms with van der Waals surface area (Å²) in [6, 6.07) is 8.08. The van der Waals surface area contributed by atoms with Crippen LogP contribution in [0.5, 0.6) is 0 Å². The molecular formula is C19H24ClN3O. The third-order valence-electron chi connectivity index (χ3n) is 3.64. The first-order valence-electron chi connectivity index (χ1n) is 8.11. The zero-order chi connectivity index (χ0) is 17.7. The van der Waals surface area contributed by atoms with Crippen molar-refractivity contribution in [2.24, 2.45) is 5.92 Å². The molecule has 0 spiro atoms. The predicted molar refractivity (Wildman–Crippen MR) is 98.9 cm³/mol. The lowest BCUT2D eigenvalue weighted by atomic mass is 10.1. The van der Waals surface area contributed by atoms with Crippen molar-refractivity contribution >= 4 is 23.6 Å². The topological polar surface area (TPSA) is 46.9 Å². The highest BCUT2D eigenvalue weighted by atomic mass is 35.5. The van der Waals surface area contributed by atoms with Crippen LogP contribution in [-0.4, -0.2) is 15.7 Å². The van der Waals surface area contributed by atoms with Crippen molar-refractivity contribution in [1.82, 2.24) is 15.1 Å². The van der Waals surface area contributed by atoms with Gasteiger partial charge in [-0.15, -0.1) is 0 Å². The Balaban J connectivity index is 1.98. The predicted octanol–water partition coefficient (Wildman–Crippen LogP) is 4.14. The van der Waals surface area contributed by atoms with Gasteiger partial charge in [-0.05, 0) is 31.4 Å². The Labute approximate surface area is 148 Å². The quantitative estimate of drug-likeness (QED) is 0.800. The van der Waals surface area contributed by atoms with Crippen molar-refractivity contribution in [3.8, 4) is 0 Å². The summed E-state index contributed by atoms with van der Waals surface area (Å²) in [6.07, 6.45) is 3.23. The van der Waals surface area contributed by atoms with Crippen molar-refractivity contribution in [1.29, 1.82) is 0 Å². The molecule has 2 aromatic rings. The maximum atomic E-state index is 12.0. The van der Waals surface area contributed by atoms with Gasteiger partial charge in [0.2, 0.25) is 5.91 Å². The van der Waals surface area contributed by atoms with Crippen LogP contribution in [0.15, 0.2) is 30.3 Å². The van der Waals surface area contributed by atoms with E-state index in [4.69, 9.17) is 11.6 Å². The summed E-state index contributed by atoms with van der Waals surface area (Å²) in [5.74, 6) is 0.305. The lowest BCUT2D eigenvalue weighted by molar-refractivity contribution is -0.116. The molecule has 0 saturated heterocycles. The number of hydrogen-bond acceptors (Lipinski definition) is 2. The number of halogens is 1. The van der Waals surface area contributed by atoms with Crippen molar-refractivity contribution in [3.05, 3.63) is 57.9 Å². The van der Waals surface area contributed by atoms with Gasteiger partial charge in [0.1, 0.15) is 5.15 Å². The van der Waals surface area contributed by atoms with Gasteiger partial charge in [-0.2, -0.15) is 5.10 Å². The number of carbonyl (C=O) groups is 1. The molecule has 1 amide bonds. The SMILES string of the molecule is Cc1ccc(CNC(=O)/C=C/c2c(C)nn(CC(C)C)c2Cl)cc1. The van der Waals surface area contributed by atoms with Gasteiger partial charge in [0, 0.05) is 24.7 Å². The van der Waals surface area contributed by atoms with E-state index in [0.717, 1.165) is 23.4 Å². The van der Waals surface area contributed by atoms with E-state index >= 15 is 0 Å². The molecule has 0 aliphatic heterocycles. The minimum atomic E-state index is -0.150. The molecule has 0 bridgehead atoms. The largest absolute Gasteiger partial charge is 0.348 e. The fourth-order valence-electron chi connectivity index (χ4n) is 2.34. The number of aryl methyl sites for hydroxylation is 2. The molecular weight excluding hydrogens is 322 g/mol. The Morgan fingerprint density at radius 1 is 1.29 bits per heavy atom. The molecule has 1 aromatic carbocycles. The molecule has 0 unspecified atom stereocenters. The molecule has 0 fully saturated rings. The van der Waals surface area contributed by atoms with Gasteiger partial charge in [0.15, 0.2) is 0 Å². The summed E-state index contributed by atoms with van der Waals surface area (Å²) in [6.45, 7) is 9.42. The molecule has 1 aromatic heterocycles. The highest BCUT2D eigenvalue weighted by molar-refractivity contribution is 6.31. The van der Waals surface area contributed by atoms with Crippen molar-refractivity contribution in [3.63, 3.8) is 0 Å². The van der Waals surface area contributed by atoms with E-state index in [1.165, 1.54) is 11.6 Å². The Bertz CT molecular complexity index is 730. The van der Waals surface area contributed by atoms with Crippen molar-refractivity contribution in [2.75, 3.05) is 0 Å². The molecule has 4 nitrogen and oxygen atoms in total. The van der Waals surface area contributed by atoms with Crippen LogP contribution in [0.1, 0.15) is 36.2 Å². The van der Waals surface area contributed by atoms with Crippen molar-refractivity contribution < 1.29 is 4.79 Å². The number of benzene rings is 1. The van der Waals surface area contributed by atoms with E-state index in [1.54, 1.807) is 10.8 Å². The standard InChI is InChI=1S/C19H24ClN3O/c1-13(2)12-23-19(20)17(15(4)22-23)9-10-18(24)21-11-16-7-5-14(3)6-8-16/h5-10,13H,11-12H2,1-4H3,(H,21,24)/b10-9+. The van der Waals surface area contributed by atoms with Gasteiger partial charge in [0.05, 0.1) is 5.69 Å². The van der Waals surface area contributed by atoms with Gasteiger partial charge in [-0.1, -0.05) is 55.3 Å². The molecule has 2 rings (SSSR count). The van der Waals surface area contributed by atoms with Crippen LogP contribution < -0.4 is 5.32 Å². The third kappa shape index (κ3) is 4.96. The van der Waals surface area contributed by atoms with Gasteiger partial charge >= 0.3 is 0 Å². The molecule has 128 valence electrons. The van der Waals surface area contributed by atoms with Gasteiger partial charge in [0.25, 0.3) is 0 Å². The van der Waals surface area contributed by atoms with Crippen LogP contribution in [0.3, 0.4) is 0 Å². The fourth-order valence-corrected chi connectivity index (χ4v) is 2.64. The number of amides is 1. The molecule has 0 atom stereocenters. The van der Waals surface area contributed by atoms with Gasteiger partial charge in [-0.25, -0.2) is 0 Å². The summed E-state index contributed by atoms with van der Waals surface area (Å²) < 4.78 is 1.78. The Hall–Kier alpha value is -2.07. The van der Waals surface area contributed by atoms with E-state index in [2.05, 4.69) is 24.3 Å². The lowest BCUT2D eigenvalue weighted by Crippen LogP contribution is -2.20. The summed E-state index contributed by atoms with van der Waals surface area (Å²) in [5, 5.41) is 7.88. The van der Waals surface area contributed by atoms with E-state index in [1.807, 2.05) is 38.1 Å². The highest BCUT2D eigenvalue weighted by Gasteiger charge is 2.12. The first-order valence-corrected chi connectivity index (χ1v) is 8.49. The number of hydrogen-bond donors (Lipinski definition) is 1. The summed E-state index contributed by atoms with van der Waals surface area (Å²) in [7, 11) is 0. The van der Waals surface area contributed by atoms with Gasteiger partial charge < -0.3 is 5.32 Å². The zero-order valence-electron chi connectivity index (χ0n) is 14.6. The van der Waals surface area contributed by atoms with E-state index in [0.29, 0.717) is 17.6 Å². The minimum absolute atomic E-state index is 0.150. The van der Waals surface area contributed by atoms with Gasteiger partial charge in [-0.3, -0.25) is 9.48 Å². The second kappa shape index (κ2) is 8.15. The normalized spacial score (nSPS) is 11.4. The molecule has 0 saturated carbocycles. The first kappa shape index (κ1) is 18.3. The zero-order valence-corrected chi connectivity index (χ0v) is 15.4. The third-order valence-corrected chi connectivity index (χ3v) is 4.03. The average Bonchev–Trinajstić information content (AvgIpc) is 2.78. The van der Waals surface area contributed by atoms with Crippen LogP contribution in [0.25, 0.3) is 6.08 Å².